The quantitative estimate of drug-likeness (QED) is 0.711. The van der Waals surface area contributed by atoms with Gasteiger partial charge in [-0.05, 0) is 60.7 Å². The van der Waals surface area contributed by atoms with Crippen molar-refractivity contribution in [1.29, 1.82) is 0 Å². The Labute approximate surface area is 171 Å². The molecule has 5 nitrogen and oxygen atoms in total. The van der Waals surface area contributed by atoms with E-state index in [1.807, 2.05) is 43.0 Å². The molecule has 1 aliphatic carbocycles. The Morgan fingerprint density at radius 3 is 2.41 bits per heavy atom. The smallest absolute Gasteiger partial charge is 0.255 e. The largest absolute Gasteiger partial charge is 0.337 e. The molecular weight excluding hydrogens is 369 g/mol. The highest BCUT2D eigenvalue weighted by molar-refractivity contribution is 6.04. The van der Waals surface area contributed by atoms with E-state index in [4.69, 9.17) is 5.73 Å². The van der Waals surface area contributed by atoms with Crippen LogP contribution in [-0.2, 0) is 11.3 Å². The van der Waals surface area contributed by atoms with Crippen LogP contribution in [0.15, 0.2) is 48.5 Å². The van der Waals surface area contributed by atoms with Crippen LogP contribution in [0.25, 0.3) is 0 Å². The minimum atomic E-state index is -0.390. The van der Waals surface area contributed by atoms with Gasteiger partial charge in [-0.25, -0.2) is 4.39 Å². The number of hydrogen-bond acceptors (Lipinski definition) is 3. The minimum absolute atomic E-state index is 0.101. The maximum absolute atomic E-state index is 13.1. The first-order chi connectivity index (χ1) is 13.8. The fourth-order valence-corrected chi connectivity index (χ4v) is 3.16. The summed E-state index contributed by atoms with van der Waals surface area (Å²) in [7, 11) is 0. The van der Waals surface area contributed by atoms with E-state index in [9.17, 15) is 14.0 Å². The van der Waals surface area contributed by atoms with Gasteiger partial charge >= 0.3 is 0 Å². The number of rotatable bonds is 8. The summed E-state index contributed by atoms with van der Waals surface area (Å²) >= 11 is 0. The first-order valence-corrected chi connectivity index (χ1v) is 9.93. The van der Waals surface area contributed by atoms with Gasteiger partial charge in [-0.2, -0.15) is 0 Å². The third-order valence-corrected chi connectivity index (χ3v) is 5.14. The predicted octanol–water partition coefficient (Wildman–Crippen LogP) is 3.80. The molecule has 0 aromatic heterocycles. The van der Waals surface area contributed by atoms with Crippen LogP contribution in [0.1, 0.15) is 42.6 Å². The molecule has 29 heavy (non-hydrogen) atoms. The zero-order chi connectivity index (χ0) is 21.0. The summed E-state index contributed by atoms with van der Waals surface area (Å²) in [5.74, 6) is -0.464. The summed E-state index contributed by atoms with van der Waals surface area (Å²) in [6.45, 7) is 5.52. The van der Waals surface area contributed by atoms with Gasteiger partial charge in [0.25, 0.3) is 5.91 Å². The summed E-state index contributed by atoms with van der Waals surface area (Å²) in [5, 5.41) is 2.89. The second-order valence-electron chi connectivity index (χ2n) is 8.46. The molecule has 1 fully saturated rings. The molecule has 2 aromatic rings. The van der Waals surface area contributed by atoms with Gasteiger partial charge < -0.3 is 16.0 Å². The summed E-state index contributed by atoms with van der Waals surface area (Å²) in [4.78, 5) is 27.3. The van der Waals surface area contributed by atoms with E-state index < -0.39 is 5.82 Å². The summed E-state index contributed by atoms with van der Waals surface area (Å²) in [5.41, 5.74) is 7.55. The lowest BCUT2D eigenvalue weighted by atomic mass is 9.92. The molecule has 154 valence electrons. The molecule has 2 amide bonds. The van der Waals surface area contributed by atoms with Crippen molar-refractivity contribution >= 4 is 17.5 Å². The maximum atomic E-state index is 13.1. The highest BCUT2D eigenvalue weighted by Gasteiger charge is 2.35. The molecule has 0 bridgehead atoms. The first-order valence-electron chi connectivity index (χ1n) is 9.93. The summed E-state index contributed by atoms with van der Waals surface area (Å²) in [6.07, 6.45) is 1.86. The molecule has 0 spiro atoms. The second-order valence-corrected chi connectivity index (χ2v) is 8.46. The molecule has 0 atom stereocenters. The van der Waals surface area contributed by atoms with Crippen molar-refractivity contribution in [2.45, 2.75) is 33.2 Å². The van der Waals surface area contributed by atoms with E-state index in [-0.39, 0.29) is 23.1 Å². The average Bonchev–Trinajstić information content (AvgIpc) is 3.54. The van der Waals surface area contributed by atoms with Gasteiger partial charge in [-0.15, -0.1) is 0 Å². The summed E-state index contributed by atoms with van der Waals surface area (Å²) < 4.78 is 13.1. The number of nitrogens with two attached hydrogens (primary N) is 1. The van der Waals surface area contributed by atoms with E-state index >= 15 is 0 Å². The van der Waals surface area contributed by atoms with Crippen molar-refractivity contribution in [3.8, 4) is 0 Å². The fraction of sp³-hybridized carbons (Fsp3) is 0.391. The number of amides is 2. The molecule has 1 aliphatic rings. The molecule has 0 radical (unpaired) electrons. The van der Waals surface area contributed by atoms with Gasteiger partial charge in [0, 0.05) is 30.3 Å². The molecule has 3 N–H and O–H groups in total. The molecule has 3 rings (SSSR count). The first kappa shape index (κ1) is 21.0. The van der Waals surface area contributed by atoms with Crippen LogP contribution in [0.3, 0.4) is 0 Å². The maximum Gasteiger partial charge on any atom is 0.255 e. The Balaban J connectivity index is 1.79. The molecule has 0 heterocycles. The Morgan fingerprint density at radius 2 is 1.79 bits per heavy atom. The van der Waals surface area contributed by atoms with E-state index in [0.717, 1.165) is 18.4 Å². The van der Waals surface area contributed by atoms with Gasteiger partial charge in [-0.3, -0.25) is 9.59 Å². The minimum Gasteiger partial charge on any atom is -0.337 e. The van der Waals surface area contributed by atoms with Crippen LogP contribution in [0.2, 0.25) is 0 Å². The van der Waals surface area contributed by atoms with Crippen molar-refractivity contribution < 1.29 is 14.0 Å². The van der Waals surface area contributed by atoms with Crippen LogP contribution in [0.5, 0.6) is 0 Å². The zero-order valence-corrected chi connectivity index (χ0v) is 17.0. The number of anilines is 1. The Morgan fingerprint density at radius 1 is 1.14 bits per heavy atom. The third-order valence-electron chi connectivity index (χ3n) is 5.14. The highest BCUT2D eigenvalue weighted by Crippen LogP contribution is 2.33. The number of hydrogen-bond donors (Lipinski definition) is 2. The number of carbonyl (C=O) groups excluding carboxylic acids is 2. The monoisotopic (exact) mass is 397 g/mol. The molecule has 1 saturated carbocycles. The lowest BCUT2D eigenvalue weighted by Gasteiger charge is -2.32. The van der Waals surface area contributed by atoms with Gasteiger partial charge in [0.05, 0.1) is 0 Å². The molecule has 6 heteroatoms. The summed E-state index contributed by atoms with van der Waals surface area (Å²) in [6, 6.07) is 12.8. The zero-order valence-electron chi connectivity index (χ0n) is 17.0. The van der Waals surface area contributed by atoms with Crippen LogP contribution in [0.4, 0.5) is 10.1 Å². The Kier molecular flexibility index (Phi) is 6.33. The normalized spacial score (nSPS) is 13.8. The van der Waals surface area contributed by atoms with Crippen molar-refractivity contribution in [2.75, 3.05) is 18.4 Å². The number of carbonyl (C=O) groups is 2. The number of para-hydroxylation sites is 1. The van der Waals surface area contributed by atoms with Crippen molar-refractivity contribution in [2.24, 2.45) is 17.1 Å². The van der Waals surface area contributed by atoms with E-state index in [0.29, 0.717) is 30.9 Å². The molecular formula is C23H28FN3O2. The van der Waals surface area contributed by atoms with Crippen LogP contribution < -0.4 is 11.1 Å². The predicted molar refractivity (Wildman–Crippen MR) is 112 cm³/mol. The molecule has 0 aliphatic heterocycles. The van der Waals surface area contributed by atoms with Crippen LogP contribution in [-0.4, -0.2) is 29.8 Å². The van der Waals surface area contributed by atoms with Gasteiger partial charge in [-0.1, -0.05) is 32.0 Å². The second kappa shape index (κ2) is 8.74. The molecule has 0 saturated heterocycles. The Hall–Kier alpha value is -2.73. The number of benzene rings is 2. The Bertz CT molecular complexity index is 876. The van der Waals surface area contributed by atoms with E-state index in [2.05, 4.69) is 5.32 Å². The number of nitrogens with zero attached hydrogens (tertiary/aromatic N) is 1. The fourth-order valence-electron chi connectivity index (χ4n) is 3.16. The van der Waals surface area contributed by atoms with E-state index in [1.54, 1.807) is 0 Å². The van der Waals surface area contributed by atoms with Crippen LogP contribution in [0, 0.1) is 17.2 Å². The van der Waals surface area contributed by atoms with Crippen molar-refractivity contribution in [1.82, 2.24) is 4.90 Å². The average molecular weight is 397 g/mol. The van der Waals surface area contributed by atoms with Crippen LogP contribution >= 0.6 is 0 Å². The van der Waals surface area contributed by atoms with Gasteiger partial charge in [0.2, 0.25) is 5.91 Å². The number of halogens is 1. The third kappa shape index (κ3) is 5.64. The lowest BCUT2D eigenvalue weighted by molar-refractivity contribution is -0.134. The van der Waals surface area contributed by atoms with Gasteiger partial charge in [0.1, 0.15) is 5.82 Å². The lowest BCUT2D eigenvalue weighted by Crippen LogP contribution is -2.42. The topological polar surface area (TPSA) is 75.4 Å². The highest BCUT2D eigenvalue weighted by atomic mass is 19.1. The number of nitrogens with one attached hydrogen (secondary N) is 1. The van der Waals surface area contributed by atoms with E-state index in [1.165, 1.54) is 24.3 Å². The van der Waals surface area contributed by atoms with Gasteiger partial charge in [0.15, 0.2) is 0 Å². The van der Waals surface area contributed by atoms with Crippen molar-refractivity contribution in [3.63, 3.8) is 0 Å². The standard InChI is InChI=1S/C23H28FN3O2/c1-23(2,14-25)15-27(22(29)17-7-8-17)13-18-5-3-4-6-20(18)26-21(28)16-9-11-19(24)12-10-16/h3-6,9-12,17H,7-8,13-15,25H2,1-2H3,(H,26,28). The van der Waals surface area contributed by atoms with Crippen molar-refractivity contribution in [3.05, 3.63) is 65.5 Å². The molecule has 2 aromatic carbocycles. The SMILES string of the molecule is CC(C)(CN)CN(Cc1ccccc1NC(=O)c1ccc(F)cc1)C(=O)C1CC1. The molecule has 0 unspecified atom stereocenters.